The molecule has 6 heteroatoms. The summed E-state index contributed by atoms with van der Waals surface area (Å²) in [5, 5.41) is 8.79. The maximum Gasteiger partial charge on any atom is 0.251 e. The number of amides is 2. The van der Waals surface area contributed by atoms with Crippen molar-refractivity contribution in [3.05, 3.63) is 54.1 Å². The number of hydrogen-bond donors (Lipinski definition) is 3. The van der Waals surface area contributed by atoms with Crippen molar-refractivity contribution in [2.24, 2.45) is 5.92 Å². The lowest BCUT2D eigenvalue weighted by molar-refractivity contribution is -0.114. The molecule has 3 N–H and O–H groups in total. The van der Waals surface area contributed by atoms with Crippen LogP contribution in [-0.2, 0) is 4.79 Å². The number of hydrogen-bond acceptors (Lipinski definition) is 4. The molecule has 6 nitrogen and oxygen atoms in total. The molecule has 0 atom stereocenters. The van der Waals surface area contributed by atoms with E-state index in [-0.39, 0.29) is 18.4 Å². The third kappa shape index (κ3) is 8.55. The predicted octanol–water partition coefficient (Wildman–Crippen LogP) is 4.69. The Labute approximate surface area is 179 Å². The smallest absolute Gasteiger partial charge is 0.251 e. The van der Waals surface area contributed by atoms with E-state index >= 15 is 0 Å². The van der Waals surface area contributed by atoms with E-state index in [4.69, 9.17) is 4.74 Å². The zero-order valence-electron chi connectivity index (χ0n) is 18.2. The molecule has 0 aliphatic rings. The number of ether oxygens (including phenoxy) is 1. The summed E-state index contributed by atoms with van der Waals surface area (Å²) in [5.74, 6) is 1.18. The Morgan fingerprint density at radius 1 is 0.967 bits per heavy atom. The highest BCUT2D eigenvalue weighted by Crippen LogP contribution is 2.16. The van der Waals surface area contributed by atoms with Gasteiger partial charge in [0.15, 0.2) is 0 Å². The first kappa shape index (κ1) is 23.3. The van der Waals surface area contributed by atoms with Gasteiger partial charge in [-0.1, -0.05) is 27.2 Å². The summed E-state index contributed by atoms with van der Waals surface area (Å²) < 4.78 is 5.69. The van der Waals surface area contributed by atoms with Crippen LogP contribution < -0.4 is 20.7 Å². The van der Waals surface area contributed by atoms with E-state index < -0.39 is 0 Å². The summed E-state index contributed by atoms with van der Waals surface area (Å²) in [6.45, 7) is 7.93. The van der Waals surface area contributed by atoms with Crippen molar-refractivity contribution >= 4 is 23.2 Å². The van der Waals surface area contributed by atoms with Crippen molar-refractivity contribution in [2.75, 3.05) is 30.3 Å². The molecule has 0 saturated carbocycles. The molecular weight excluding hydrogens is 378 g/mol. The second-order valence-electron chi connectivity index (χ2n) is 7.64. The van der Waals surface area contributed by atoms with Crippen molar-refractivity contribution in [1.29, 1.82) is 0 Å². The van der Waals surface area contributed by atoms with Gasteiger partial charge >= 0.3 is 0 Å². The van der Waals surface area contributed by atoms with Crippen LogP contribution in [0.1, 0.15) is 50.4 Å². The molecule has 2 aromatic rings. The van der Waals surface area contributed by atoms with E-state index in [0.29, 0.717) is 30.3 Å². The van der Waals surface area contributed by atoms with E-state index in [9.17, 15) is 9.59 Å². The van der Waals surface area contributed by atoms with Gasteiger partial charge in [-0.25, -0.2) is 0 Å². The van der Waals surface area contributed by atoms with Crippen LogP contribution in [0, 0.1) is 5.92 Å². The first-order valence-electron chi connectivity index (χ1n) is 10.6. The summed E-state index contributed by atoms with van der Waals surface area (Å²) in [7, 11) is 0. The Hall–Kier alpha value is -3.02. The van der Waals surface area contributed by atoms with Crippen LogP contribution >= 0.6 is 0 Å². The SMILES string of the molecule is CCCCNC(=O)c1ccc(NC(=O)CNc2ccc(OCCC(C)C)cc2)cc1. The highest BCUT2D eigenvalue weighted by Gasteiger charge is 2.06. The maximum absolute atomic E-state index is 12.2. The van der Waals surface area contributed by atoms with Crippen molar-refractivity contribution in [2.45, 2.75) is 40.0 Å². The number of unbranched alkanes of at least 4 members (excludes halogenated alkanes) is 1. The van der Waals surface area contributed by atoms with Crippen molar-refractivity contribution < 1.29 is 14.3 Å². The van der Waals surface area contributed by atoms with E-state index in [0.717, 1.165) is 30.7 Å². The molecule has 0 aliphatic heterocycles. The number of benzene rings is 2. The summed E-state index contributed by atoms with van der Waals surface area (Å²) >= 11 is 0. The average Bonchev–Trinajstić information content (AvgIpc) is 2.73. The molecule has 0 bridgehead atoms. The Kier molecular flexibility index (Phi) is 9.71. The molecule has 2 amide bonds. The number of anilines is 2. The highest BCUT2D eigenvalue weighted by atomic mass is 16.5. The maximum atomic E-state index is 12.2. The van der Waals surface area contributed by atoms with E-state index in [2.05, 4.69) is 36.7 Å². The Bertz CT molecular complexity index is 786. The van der Waals surface area contributed by atoms with Gasteiger partial charge in [-0.2, -0.15) is 0 Å². The Morgan fingerprint density at radius 3 is 2.27 bits per heavy atom. The van der Waals surface area contributed by atoms with Crippen LogP contribution in [0.15, 0.2) is 48.5 Å². The molecule has 30 heavy (non-hydrogen) atoms. The summed E-state index contributed by atoms with van der Waals surface area (Å²) in [6, 6.07) is 14.5. The largest absolute Gasteiger partial charge is 0.494 e. The standard InChI is InChI=1S/C24H33N3O3/c1-4-5-15-25-24(29)19-6-8-21(9-7-19)27-23(28)17-26-20-10-12-22(13-11-20)30-16-14-18(2)3/h6-13,18,26H,4-5,14-17H2,1-3H3,(H,25,29)(H,27,28). The fourth-order valence-electron chi connectivity index (χ4n) is 2.65. The molecular formula is C24H33N3O3. The van der Waals surface area contributed by atoms with Crippen LogP contribution in [0.2, 0.25) is 0 Å². The number of carbonyl (C=O) groups is 2. The third-order valence-electron chi connectivity index (χ3n) is 4.52. The monoisotopic (exact) mass is 411 g/mol. The van der Waals surface area contributed by atoms with Gasteiger partial charge in [0.05, 0.1) is 13.2 Å². The second-order valence-corrected chi connectivity index (χ2v) is 7.64. The topological polar surface area (TPSA) is 79.5 Å². The minimum Gasteiger partial charge on any atom is -0.494 e. The lowest BCUT2D eigenvalue weighted by Gasteiger charge is -2.10. The van der Waals surface area contributed by atoms with Crippen LogP contribution in [-0.4, -0.2) is 31.5 Å². The van der Waals surface area contributed by atoms with Crippen molar-refractivity contribution in [1.82, 2.24) is 5.32 Å². The fourth-order valence-corrected chi connectivity index (χ4v) is 2.65. The first-order valence-corrected chi connectivity index (χ1v) is 10.6. The molecule has 0 saturated heterocycles. The molecule has 0 heterocycles. The average molecular weight is 412 g/mol. The number of nitrogens with one attached hydrogen (secondary N) is 3. The molecule has 0 fully saturated rings. The highest BCUT2D eigenvalue weighted by molar-refractivity contribution is 5.96. The quantitative estimate of drug-likeness (QED) is 0.443. The van der Waals surface area contributed by atoms with Gasteiger partial charge in [0.2, 0.25) is 5.91 Å². The minimum atomic E-state index is -0.160. The summed E-state index contributed by atoms with van der Waals surface area (Å²) in [5.41, 5.74) is 2.08. The fraction of sp³-hybridized carbons (Fsp3) is 0.417. The van der Waals surface area contributed by atoms with E-state index in [1.165, 1.54) is 0 Å². The number of rotatable bonds is 12. The first-order chi connectivity index (χ1) is 14.5. The molecule has 0 radical (unpaired) electrons. The van der Waals surface area contributed by atoms with Gasteiger partial charge in [0.25, 0.3) is 5.91 Å². The van der Waals surface area contributed by atoms with Crippen LogP contribution in [0.5, 0.6) is 5.75 Å². The van der Waals surface area contributed by atoms with Gasteiger partial charge in [0.1, 0.15) is 5.75 Å². The van der Waals surface area contributed by atoms with Crippen LogP contribution in [0.4, 0.5) is 11.4 Å². The second kappa shape index (κ2) is 12.5. The molecule has 2 aromatic carbocycles. The molecule has 0 unspecified atom stereocenters. The van der Waals surface area contributed by atoms with Gasteiger partial charge in [-0.3, -0.25) is 9.59 Å². The molecule has 0 spiro atoms. The normalized spacial score (nSPS) is 10.5. The van der Waals surface area contributed by atoms with Crippen molar-refractivity contribution in [3.63, 3.8) is 0 Å². The Morgan fingerprint density at radius 2 is 1.63 bits per heavy atom. The summed E-state index contributed by atoms with van der Waals surface area (Å²) in [6.07, 6.45) is 3.01. The van der Waals surface area contributed by atoms with Gasteiger partial charge in [-0.05, 0) is 67.3 Å². The zero-order chi connectivity index (χ0) is 21.8. The van der Waals surface area contributed by atoms with E-state index in [1.54, 1.807) is 24.3 Å². The molecule has 0 aromatic heterocycles. The van der Waals surface area contributed by atoms with Crippen LogP contribution in [0.25, 0.3) is 0 Å². The molecule has 0 aliphatic carbocycles. The van der Waals surface area contributed by atoms with Crippen molar-refractivity contribution in [3.8, 4) is 5.75 Å². The lowest BCUT2D eigenvalue weighted by atomic mass is 10.1. The van der Waals surface area contributed by atoms with Crippen LogP contribution in [0.3, 0.4) is 0 Å². The van der Waals surface area contributed by atoms with Gasteiger partial charge in [-0.15, -0.1) is 0 Å². The van der Waals surface area contributed by atoms with Gasteiger partial charge < -0.3 is 20.7 Å². The molecule has 162 valence electrons. The Balaban J connectivity index is 1.74. The molecule has 2 rings (SSSR count). The third-order valence-corrected chi connectivity index (χ3v) is 4.52. The van der Waals surface area contributed by atoms with E-state index in [1.807, 2.05) is 24.3 Å². The lowest BCUT2D eigenvalue weighted by Crippen LogP contribution is -2.24. The zero-order valence-corrected chi connectivity index (χ0v) is 18.2. The minimum absolute atomic E-state index is 0.0976. The van der Waals surface area contributed by atoms with Gasteiger partial charge in [0, 0.05) is 23.5 Å². The predicted molar refractivity (Wildman–Crippen MR) is 122 cm³/mol. The summed E-state index contributed by atoms with van der Waals surface area (Å²) in [4.78, 5) is 24.2. The number of carbonyl (C=O) groups excluding carboxylic acids is 2.